The standard InChI is InChI=1S/C21H25.C15H8F6.C11H17.2ClH.Zr/c1-20(2,3)16-9-7-14-11-15-8-10-17(21(4,5)6)13-19(15)18(14)12-16;16-14(17,18)12-5-1-3-10(8-12)7-11-4-2-6-13(9-11)15(19,20)21;1-8-6-9(2)10(7-8)11(3,4)5;;;/h7,9-10,12-13H,11H2,1-6H3;1-6,8-9H;6-7H,1-5H3;2*1H;/q-1;;-1;;;+2/p-2. The van der Waals surface area contributed by atoms with Gasteiger partial charge in [0.2, 0.25) is 0 Å². The topological polar surface area (TPSA) is 0 Å². The Morgan fingerprint density at radius 1 is 0.589 bits per heavy atom. The molecule has 9 heteroatoms. The van der Waals surface area contributed by atoms with E-state index < -0.39 is 23.5 Å². The fourth-order valence-electron chi connectivity index (χ4n) is 6.46. The second-order valence-electron chi connectivity index (χ2n) is 17.2. The maximum Gasteiger partial charge on any atom is -1.00 e. The predicted molar refractivity (Wildman–Crippen MR) is 207 cm³/mol. The van der Waals surface area contributed by atoms with Crippen LogP contribution in [0.5, 0.6) is 0 Å². The minimum Gasteiger partial charge on any atom is -1.00 e. The molecule has 0 aliphatic heterocycles. The molecule has 0 heterocycles. The molecule has 56 heavy (non-hydrogen) atoms. The SMILES string of the molecule is CC(C)(C)c1c[c-]c2c(c1)-c1cc(C(C)(C)C)ccc1C2.Cc1cc(C(C)(C)C)c(C)[cH-]1.FC(F)(F)c1cccc([C](=[Zr+2])c2cccc(C(F)(F)F)c2)c1.[Cl-].[Cl-]. The van der Waals surface area contributed by atoms with Crippen LogP contribution in [0.2, 0.25) is 0 Å². The van der Waals surface area contributed by atoms with Gasteiger partial charge in [0.1, 0.15) is 0 Å². The van der Waals surface area contributed by atoms with Gasteiger partial charge in [0.15, 0.2) is 0 Å². The van der Waals surface area contributed by atoms with E-state index in [9.17, 15) is 26.3 Å². The number of alkyl halides is 6. The Morgan fingerprint density at radius 2 is 1.07 bits per heavy atom. The summed E-state index contributed by atoms with van der Waals surface area (Å²) in [4.78, 5) is 0. The molecule has 0 aromatic heterocycles. The first-order chi connectivity index (χ1) is 24.7. The van der Waals surface area contributed by atoms with Crippen molar-refractivity contribution in [3.8, 4) is 11.1 Å². The summed E-state index contributed by atoms with van der Waals surface area (Å²) in [6.07, 6.45) is -7.94. The van der Waals surface area contributed by atoms with Crippen molar-refractivity contribution in [2.45, 2.75) is 111 Å². The molecule has 0 fully saturated rings. The summed E-state index contributed by atoms with van der Waals surface area (Å²) in [5, 5.41) is 0. The number of aryl methyl sites for hydroxylation is 2. The van der Waals surface area contributed by atoms with Gasteiger partial charge >= 0.3 is 137 Å². The molecular formula is C47H50Cl2F6Zr-2. The third-order valence-electron chi connectivity index (χ3n) is 9.53. The summed E-state index contributed by atoms with van der Waals surface area (Å²) in [6.45, 7) is 24.8. The first-order valence-electron chi connectivity index (χ1n) is 18.0. The molecular weight excluding hydrogens is 841 g/mol. The van der Waals surface area contributed by atoms with E-state index in [0.29, 0.717) is 8.62 Å². The molecule has 0 bridgehead atoms. The van der Waals surface area contributed by atoms with Gasteiger partial charge in [0.25, 0.3) is 0 Å². The van der Waals surface area contributed by atoms with Crippen LogP contribution in [0.25, 0.3) is 11.1 Å². The van der Waals surface area contributed by atoms with Crippen LogP contribution in [0.15, 0.2) is 91.0 Å². The van der Waals surface area contributed by atoms with E-state index in [0.717, 1.165) is 54.9 Å². The Morgan fingerprint density at radius 3 is 1.46 bits per heavy atom. The van der Waals surface area contributed by atoms with Gasteiger partial charge in [-0.05, 0) is 17.4 Å². The Balaban J connectivity index is 0.000000300. The van der Waals surface area contributed by atoms with Gasteiger partial charge in [-0.2, -0.15) is 52.1 Å². The molecule has 5 aromatic rings. The molecule has 1 aliphatic carbocycles. The summed E-state index contributed by atoms with van der Waals surface area (Å²) in [7, 11) is 0. The van der Waals surface area contributed by atoms with Gasteiger partial charge in [0, 0.05) is 0 Å². The summed E-state index contributed by atoms with van der Waals surface area (Å²) < 4.78 is 76.7. The minimum absolute atomic E-state index is 0. The van der Waals surface area contributed by atoms with Crippen molar-refractivity contribution < 1.29 is 75.4 Å². The van der Waals surface area contributed by atoms with Crippen molar-refractivity contribution in [1.29, 1.82) is 0 Å². The second kappa shape index (κ2) is 18.4. The zero-order chi connectivity index (χ0) is 40.6. The van der Waals surface area contributed by atoms with Gasteiger partial charge in [-0.25, -0.2) is 6.07 Å². The predicted octanol–water partition coefficient (Wildman–Crippen LogP) is 7.82. The van der Waals surface area contributed by atoms with E-state index in [1.807, 2.05) is 0 Å². The van der Waals surface area contributed by atoms with Crippen molar-refractivity contribution in [2.24, 2.45) is 0 Å². The quantitative estimate of drug-likeness (QED) is 0.123. The molecule has 0 saturated heterocycles. The number of halogens is 8. The molecule has 300 valence electrons. The van der Waals surface area contributed by atoms with Crippen molar-refractivity contribution in [2.75, 3.05) is 0 Å². The number of hydrogen-bond donors (Lipinski definition) is 0. The number of rotatable bonds is 2. The Labute approximate surface area is 357 Å². The first-order valence-corrected chi connectivity index (χ1v) is 19.3. The molecule has 6 rings (SSSR count). The molecule has 5 aromatic carbocycles. The van der Waals surface area contributed by atoms with E-state index in [4.69, 9.17) is 0 Å². The molecule has 0 saturated carbocycles. The molecule has 0 amide bonds. The molecule has 0 atom stereocenters. The molecule has 1 aliphatic rings. The van der Waals surface area contributed by atoms with Gasteiger partial charge in [0.05, 0.1) is 0 Å². The second-order valence-corrected chi connectivity index (χ2v) is 18.5. The largest absolute Gasteiger partial charge is 1.00 e. The first kappa shape index (κ1) is 49.3. The van der Waals surface area contributed by atoms with Gasteiger partial charge in [-0.1, -0.05) is 116 Å². The zero-order valence-electron chi connectivity index (χ0n) is 33.9. The average Bonchev–Trinajstić information content (AvgIpc) is 3.61. The van der Waals surface area contributed by atoms with Crippen LogP contribution in [0.3, 0.4) is 0 Å². The van der Waals surface area contributed by atoms with E-state index in [1.165, 1.54) is 74.3 Å². The Hall–Kier alpha value is -2.86. The number of fused-ring (bicyclic) bond motifs is 3. The summed E-state index contributed by atoms with van der Waals surface area (Å²) >= 11 is 0.729. The van der Waals surface area contributed by atoms with Crippen molar-refractivity contribution in [3.05, 3.63) is 158 Å². The Kier molecular flexibility index (Phi) is 16.2. The molecule has 0 spiro atoms. The van der Waals surface area contributed by atoms with Crippen LogP contribution < -0.4 is 24.8 Å². The van der Waals surface area contributed by atoms with Crippen LogP contribution in [0, 0.1) is 19.9 Å². The van der Waals surface area contributed by atoms with Crippen LogP contribution in [-0.4, -0.2) is 3.21 Å². The van der Waals surface area contributed by atoms with Crippen molar-refractivity contribution in [1.82, 2.24) is 0 Å². The summed E-state index contributed by atoms with van der Waals surface area (Å²) in [6, 6.07) is 28.8. The van der Waals surface area contributed by atoms with E-state index in [-0.39, 0.29) is 46.8 Å². The van der Waals surface area contributed by atoms with Crippen LogP contribution in [0.1, 0.15) is 124 Å². The monoisotopic (exact) mass is 888 g/mol. The van der Waals surface area contributed by atoms with Gasteiger partial charge in [-0.15, -0.1) is 5.56 Å². The normalized spacial score (nSPS) is 12.5. The smallest absolute Gasteiger partial charge is 1.00 e. The van der Waals surface area contributed by atoms with E-state index in [2.05, 4.69) is 125 Å². The fourth-order valence-corrected chi connectivity index (χ4v) is 7.23. The molecule has 0 nitrogen and oxygen atoms in total. The number of benzene rings is 4. The third-order valence-corrected chi connectivity index (χ3v) is 11.0. The van der Waals surface area contributed by atoms with Crippen LogP contribution >= 0.6 is 0 Å². The maximum absolute atomic E-state index is 12.7. The van der Waals surface area contributed by atoms with Crippen molar-refractivity contribution >= 4 is 3.21 Å². The van der Waals surface area contributed by atoms with E-state index in [1.54, 1.807) is 0 Å². The fraction of sp³-hybridized carbons (Fsp3) is 0.362. The average molecular weight is 891 g/mol. The summed E-state index contributed by atoms with van der Waals surface area (Å²) in [5.74, 6) is 0. The van der Waals surface area contributed by atoms with Gasteiger partial charge in [-0.3, -0.25) is 0 Å². The molecule has 0 radical (unpaired) electrons. The molecule has 0 N–H and O–H groups in total. The van der Waals surface area contributed by atoms with Crippen LogP contribution in [0.4, 0.5) is 26.3 Å². The zero-order valence-corrected chi connectivity index (χ0v) is 37.9. The van der Waals surface area contributed by atoms with E-state index >= 15 is 0 Å². The Bertz CT molecular complexity index is 2000. The van der Waals surface area contributed by atoms with Crippen LogP contribution in [-0.2, 0) is 59.3 Å². The summed E-state index contributed by atoms with van der Waals surface area (Å²) in [5.41, 5.74) is 12.3. The third kappa shape index (κ3) is 12.6. The maximum atomic E-state index is 12.7. The van der Waals surface area contributed by atoms with Gasteiger partial charge < -0.3 is 24.8 Å². The minimum atomic E-state index is -4.49. The molecule has 0 unspecified atom stereocenters. The number of hydrogen-bond acceptors (Lipinski definition) is 0. The van der Waals surface area contributed by atoms with Crippen molar-refractivity contribution in [3.63, 3.8) is 0 Å².